The minimum absolute atomic E-state index is 0.0386. The molecule has 0 aliphatic heterocycles. The van der Waals surface area contributed by atoms with Crippen molar-refractivity contribution in [2.45, 2.75) is 20.5 Å². The second-order valence-corrected chi connectivity index (χ2v) is 6.71. The molecule has 2 aromatic rings. The Kier molecular flexibility index (Phi) is 5.93. The van der Waals surface area contributed by atoms with Gasteiger partial charge in [0.15, 0.2) is 0 Å². The summed E-state index contributed by atoms with van der Waals surface area (Å²) in [5.41, 5.74) is 7.23. The summed E-state index contributed by atoms with van der Waals surface area (Å²) in [5.74, 6) is 0.625. The average Bonchev–Trinajstić information content (AvgIpc) is 2.60. The minimum Gasteiger partial charge on any atom is -0.489 e. The van der Waals surface area contributed by atoms with Gasteiger partial charge in [0.2, 0.25) is 0 Å². The van der Waals surface area contributed by atoms with Gasteiger partial charge in [-0.2, -0.15) is 0 Å². The van der Waals surface area contributed by atoms with Crippen LogP contribution >= 0.6 is 0 Å². The van der Waals surface area contributed by atoms with Gasteiger partial charge in [-0.15, -0.1) is 0 Å². The molecule has 0 unspecified atom stereocenters. The third-order valence-corrected chi connectivity index (χ3v) is 3.77. The first kappa shape index (κ1) is 17.9. The van der Waals surface area contributed by atoms with Crippen molar-refractivity contribution in [3.05, 3.63) is 59.9 Å². The van der Waals surface area contributed by atoms with Crippen molar-refractivity contribution >= 4 is 5.91 Å². The number of amides is 1. The van der Waals surface area contributed by atoms with E-state index in [1.807, 2.05) is 38.1 Å². The van der Waals surface area contributed by atoms with Crippen LogP contribution in [-0.2, 0) is 6.61 Å². The third-order valence-electron chi connectivity index (χ3n) is 3.77. The van der Waals surface area contributed by atoms with E-state index in [0.29, 0.717) is 31.0 Å². The molecule has 0 bridgehead atoms. The van der Waals surface area contributed by atoms with E-state index in [4.69, 9.17) is 10.5 Å². The van der Waals surface area contributed by atoms with Gasteiger partial charge in [0.05, 0.1) is 0 Å². The number of pyridine rings is 1. The first-order valence-corrected chi connectivity index (χ1v) is 7.98. The minimum atomic E-state index is -0.112. The number of aromatic nitrogens is 1. The molecule has 24 heavy (non-hydrogen) atoms. The van der Waals surface area contributed by atoms with E-state index < -0.39 is 0 Å². The van der Waals surface area contributed by atoms with Crippen LogP contribution in [0.3, 0.4) is 0 Å². The van der Waals surface area contributed by atoms with E-state index in [0.717, 1.165) is 5.56 Å². The summed E-state index contributed by atoms with van der Waals surface area (Å²) in [6.07, 6.45) is 3.49. The van der Waals surface area contributed by atoms with Gasteiger partial charge in [-0.3, -0.25) is 9.78 Å². The molecule has 0 saturated carbocycles. The van der Waals surface area contributed by atoms with Gasteiger partial charge in [0.1, 0.15) is 12.4 Å². The number of nitrogens with zero attached hydrogens (tertiary/aromatic N) is 2. The van der Waals surface area contributed by atoms with E-state index in [1.54, 1.807) is 36.5 Å². The normalized spacial score (nSPS) is 11.2. The molecule has 128 valence electrons. The topological polar surface area (TPSA) is 68.5 Å². The molecule has 0 radical (unpaired) electrons. The van der Waals surface area contributed by atoms with Crippen LogP contribution in [0.1, 0.15) is 29.8 Å². The van der Waals surface area contributed by atoms with E-state index in [1.165, 1.54) is 0 Å². The van der Waals surface area contributed by atoms with Gasteiger partial charge in [-0.1, -0.05) is 26.0 Å². The Hall–Kier alpha value is -2.40. The first-order chi connectivity index (χ1) is 11.4. The molecule has 0 spiro atoms. The fraction of sp³-hybridized carbons (Fsp3) is 0.368. The van der Waals surface area contributed by atoms with Crippen LogP contribution in [0.25, 0.3) is 0 Å². The third kappa shape index (κ3) is 5.06. The second kappa shape index (κ2) is 7.93. The number of hydrogen-bond acceptors (Lipinski definition) is 4. The molecule has 0 aliphatic carbocycles. The Morgan fingerprint density at radius 2 is 2.08 bits per heavy atom. The maximum absolute atomic E-state index is 12.6. The number of hydrogen-bond donors (Lipinski definition) is 1. The molecule has 1 aromatic heterocycles. The van der Waals surface area contributed by atoms with E-state index in [2.05, 4.69) is 4.98 Å². The molecule has 5 nitrogen and oxygen atoms in total. The second-order valence-electron chi connectivity index (χ2n) is 6.71. The molecule has 5 heteroatoms. The number of carbonyl (C=O) groups is 1. The maximum Gasteiger partial charge on any atom is 0.253 e. The maximum atomic E-state index is 12.6. The highest BCUT2D eigenvalue weighted by atomic mass is 16.5. The first-order valence-electron chi connectivity index (χ1n) is 7.98. The van der Waals surface area contributed by atoms with Crippen LogP contribution in [0, 0.1) is 5.41 Å². The molecule has 2 rings (SSSR count). The fourth-order valence-corrected chi connectivity index (χ4v) is 2.37. The molecular weight excluding hydrogens is 302 g/mol. The summed E-state index contributed by atoms with van der Waals surface area (Å²) in [6.45, 7) is 5.64. The number of benzene rings is 1. The highest BCUT2D eigenvalue weighted by Crippen LogP contribution is 2.19. The summed E-state index contributed by atoms with van der Waals surface area (Å²) < 4.78 is 5.75. The largest absolute Gasteiger partial charge is 0.489 e. The molecule has 1 amide bonds. The molecular formula is C19H25N3O2. The summed E-state index contributed by atoms with van der Waals surface area (Å²) >= 11 is 0. The Balaban J connectivity index is 2.02. The van der Waals surface area contributed by atoms with Crippen LogP contribution in [0.5, 0.6) is 5.75 Å². The van der Waals surface area contributed by atoms with Gasteiger partial charge in [0.25, 0.3) is 5.91 Å². The van der Waals surface area contributed by atoms with Crippen molar-refractivity contribution in [3.63, 3.8) is 0 Å². The van der Waals surface area contributed by atoms with Crippen LogP contribution in [0.15, 0.2) is 48.8 Å². The lowest BCUT2D eigenvalue weighted by Gasteiger charge is -2.29. The van der Waals surface area contributed by atoms with Crippen LogP contribution in [-0.4, -0.2) is 35.9 Å². The van der Waals surface area contributed by atoms with Gasteiger partial charge in [0, 0.05) is 37.1 Å². The monoisotopic (exact) mass is 327 g/mol. The van der Waals surface area contributed by atoms with Crippen molar-refractivity contribution in [1.29, 1.82) is 0 Å². The van der Waals surface area contributed by atoms with E-state index in [9.17, 15) is 4.79 Å². The number of nitrogens with two attached hydrogens (primary N) is 1. The Morgan fingerprint density at radius 1 is 1.29 bits per heavy atom. The zero-order chi connectivity index (χ0) is 17.6. The van der Waals surface area contributed by atoms with Gasteiger partial charge in [-0.05, 0) is 36.2 Å². The van der Waals surface area contributed by atoms with Crippen LogP contribution < -0.4 is 10.5 Å². The average molecular weight is 327 g/mol. The quantitative estimate of drug-likeness (QED) is 0.849. The number of rotatable bonds is 7. The molecule has 0 saturated heterocycles. The fourth-order valence-electron chi connectivity index (χ4n) is 2.37. The Morgan fingerprint density at radius 3 is 2.75 bits per heavy atom. The summed E-state index contributed by atoms with van der Waals surface area (Å²) in [4.78, 5) is 18.3. The molecule has 0 fully saturated rings. The predicted molar refractivity (Wildman–Crippen MR) is 94.8 cm³/mol. The van der Waals surface area contributed by atoms with Gasteiger partial charge in [-0.25, -0.2) is 0 Å². The SMILES string of the molecule is CN(CC(C)(C)CN)C(=O)c1cccc(OCc2cccnc2)c1. The number of ether oxygens (including phenoxy) is 1. The van der Waals surface area contributed by atoms with Crippen molar-refractivity contribution < 1.29 is 9.53 Å². The number of carbonyl (C=O) groups excluding carboxylic acids is 1. The highest BCUT2D eigenvalue weighted by molar-refractivity contribution is 5.94. The van der Waals surface area contributed by atoms with E-state index in [-0.39, 0.29) is 11.3 Å². The summed E-state index contributed by atoms with van der Waals surface area (Å²) in [5, 5.41) is 0. The molecule has 0 atom stereocenters. The van der Waals surface area contributed by atoms with E-state index >= 15 is 0 Å². The Bertz CT molecular complexity index is 671. The molecule has 0 aliphatic rings. The highest BCUT2D eigenvalue weighted by Gasteiger charge is 2.22. The smallest absolute Gasteiger partial charge is 0.253 e. The lowest BCUT2D eigenvalue weighted by atomic mass is 9.93. The predicted octanol–water partition coefficient (Wildman–Crippen LogP) is 2.72. The van der Waals surface area contributed by atoms with Crippen molar-refractivity contribution in [2.24, 2.45) is 11.1 Å². The molecule has 1 aromatic carbocycles. The van der Waals surface area contributed by atoms with Gasteiger partial charge < -0.3 is 15.4 Å². The van der Waals surface area contributed by atoms with Crippen molar-refractivity contribution in [2.75, 3.05) is 20.1 Å². The van der Waals surface area contributed by atoms with Gasteiger partial charge >= 0.3 is 0 Å². The molecule has 2 N–H and O–H groups in total. The zero-order valence-corrected chi connectivity index (χ0v) is 14.5. The van der Waals surface area contributed by atoms with Crippen LogP contribution in [0.2, 0.25) is 0 Å². The van der Waals surface area contributed by atoms with Crippen molar-refractivity contribution in [1.82, 2.24) is 9.88 Å². The Labute approximate surface area is 143 Å². The standard InChI is InChI=1S/C19H25N3O2/c1-19(2,13-20)14-22(3)18(23)16-7-4-8-17(10-16)24-12-15-6-5-9-21-11-15/h4-11H,12-14,20H2,1-3H3. The lowest BCUT2D eigenvalue weighted by molar-refractivity contribution is 0.0740. The lowest BCUT2D eigenvalue weighted by Crippen LogP contribution is -2.39. The van der Waals surface area contributed by atoms with Crippen molar-refractivity contribution in [3.8, 4) is 5.75 Å². The summed E-state index contributed by atoms with van der Waals surface area (Å²) in [7, 11) is 1.79. The van der Waals surface area contributed by atoms with Crippen LogP contribution in [0.4, 0.5) is 0 Å². The zero-order valence-electron chi connectivity index (χ0n) is 14.5. The molecule has 1 heterocycles. The summed E-state index contributed by atoms with van der Waals surface area (Å²) in [6, 6.07) is 11.1.